The van der Waals surface area contributed by atoms with E-state index >= 15 is 0 Å². The van der Waals surface area contributed by atoms with Crippen LogP contribution in [0.25, 0.3) is 50.8 Å². The van der Waals surface area contributed by atoms with Crippen LogP contribution in [0.4, 0.5) is 34.1 Å². The average Bonchev–Trinajstić information content (AvgIpc) is 4.24. The molecule has 0 saturated carbocycles. The summed E-state index contributed by atoms with van der Waals surface area (Å²) in [5, 5.41) is 9.00. The van der Waals surface area contributed by atoms with E-state index in [0.717, 1.165) is 0 Å². The molecule has 10 aromatic rings. The Labute approximate surface area is 425 Å². The van der Waals surface area contributed by atoms with Crippen molar-refractivity contribution in [2.45, 2.75) is 69.1 Å². The standard InChI is InChI=1S/C67H57N3Si2/c1-67(2)55-43-47(30-34-51(55)52-35-32-50(45-56(52)67)70-61-22-8-12-26-65(61)72(40-16-17-41-72)66-27-13-9-23-62(66)70)29-28-46-31-36-57-53(42-46)54-44-49(33-37-58(54)68(57)48-18-4-3-5-19-48)69-59-20-6-10-24-63(59)71(38-14-15-39-71)64-25-11-7-21-60(64)69/h3-13,18-37,42-45H,14-17,38-41H2,1-2H3. The number of nitrogens with zero attached hydrogens (tertiary/aromatic N) is 3. The Kier molecular flexibility index (Phi) is 9.26. The molecule has 348 valence electrons. The van der Waals surface area contributed by atoms with Crippen molar-refractivity contribution in [1.29, 1.82) is 0 Å². The highest BCUT2D eigenvalue weighted by Crippen LogP contribution is 2.52. The van der Waals surface area contributed by atoms with E-state index in [0.29, 0.717) is 0 Å². The number of aromatic nitrogens is 1. The van der Waals surface area contributed by atoms with Gasteiger partial charge in [0.25, 0.3) is 0 Å². The van der Waals surface area contributed by atoms with Crippen LogP contribution in [0.5, 0.6) is 0 Å². The van der Waals surface area contributed by atoms with E-state index in [4.69, 9.17) is 0 Å². The second kappa shape index (κ2) is 15.8. The summed E-state index contributed by atoms with van der Waals surface area (Å²) in [6.07, 6.45) is 10.0. The van der Waals surface area contributed by atoms with Crippen molar-refractivity contribution in [3.05, 3.63) is 222 Å². The minimum Gasteiger partial charge on any atom is -0.311 e. The van der Waals surface area contributed by atoms with Gasteiger partial charge in [-0.05, 0) is 157 Å². The van der Waals surface area contributed by atoms with Gasteiger partial charge in [0.15, 0.2) is 0 Å². The fraction of sp³-hybridized carbons (Fsp3) is 0.164. The highest BCUT2D eigenvalue weighted by molar-refractivity contribution is 7.05. The number of hydrogen-bond donors (Lipinski definition) is 0. The smallest absolute Gasteiger partial charge is 0.123 e. The lowest BCUT2D eigenvalue weighted by atomic mass is 9.81. The molecule has 2 saturated heterocycles. The zero-order valence-electron chi connectivity index (χ0n) is 41.2. The van der Waals surface area contributed by atoms with Gasteiger partial charge < -0.3 is 14.4 Å². The topological polar surface area (TPSA) is 11.4 Å². The summed E-state index contributed by atoms with van der Waals surface area (Å²) in [6, 6.07) is 82.4. The highest BCUT2D eigenvalue weighted by Gasteiger charge is 2.49. The number of hydrogen-bond acceptors (Lipinski definition) is 2. The third-order valence-electron chi connectivity index (χ3n) is 18.0. The van der Waals surface area contributed by atoms with E-state index in [1.54, 1.807) is 20.7 Å². The van der Waals surface area contributed by atoms with Gasteiger partial charge in [0, 0.05) is 56.0 Å². The van der Waals surface area contributed by atoms with Gasteiger partial charge in [0.2, 0.25) is 0 Å². The maximum absolute atomic E-state index is 2.59. The van der Waals surface area contributed by atoms with E-state index in [1.807, 2.05) is 0 Å². The maximum Gasteiger partial charge on any atom is 0.123 e. The minimum atomic E-state index is -1.84. The monoisotopic (exact) mass is 959 g/mol. The summed E-state index contributed by atoms with van der Waals surface area (Å²) in [5.41, 5.74) is 19.4. The van der Waals surface area contributed by atoms with Crippen LogP contribution in [-0.2, 0) is 5.41 Å². The predicted octanol–water partition coefficient (Wildman–Crippen LogP) is 15.5. The second-order valence-electron chi connectivity index (χ2n) is 22.0. The largest absolute Gasteiger partial charge is 0.311 e. The molecular formula is C67H57N3Si2. The third kappa shape index (κ3) is 5.95. The van der Waals surface area contributed by atoms with Gasteiger partial charge in [-0.2, -0.15) is 0 Å². The average molecular weight is 960 g/mol. The van der Waals surface area contributed by atoms with E-state index in [1.165, 1.54) is 145 Å². The van der Waals surface area contributed by atoms with E-state index in [2.05, 4.69) is 241 Å². The quantitative estimate of drug-likeness (QED) is 0.126. The van der Waals surface area contributed by atoms with Crippen LogP contribution >= 0.6 is 0 Å². The Balaban J connectivity index is 0.799. The zero-order valence-corrected chi connectivity index (χ0v) is 43.2. The van der Waals surface area contributed by atoms with Gasteiger partial charge >= 0.3 is 0 Å². The van der Waals surface area contributed by atoms with Gasteiger partial charge in [-0.25, -0.2) is 0 Å². The molecule has 5 heterocycles. The molecule has 0 amide bonds. The van der Waals surface area contributed by atoms with Crippen LogP contribution in [0, 0.1) is 0 Å². The summed E-state index contributed by atoms with van der Waals surface area (Å²) in [4.78, 5) is 5.16. The zero-order chi connectivity index (χ0) is 47.8. The van der Waals surface area contributed by atoms with E-state index < -0.39 is 16.1 Å². The molecule has 15 rings (SSSR count). The Morgan fingerprint density at radius 1 is 0.375 bits per heavy atom. The molecule has 5 aliphatic rings. The molecule has 0 atom stereocenters. The molecule has 2 fully saturated rings. The van der Waals surface area contributed by atoms with Crippen LogP contribution in [0.1, 0.15) is 61.8 Å². The molecule has 72 heavy (non-hydrogen) atoms. The molecule has 2 spiro atoms. The first-order valence-corrected chi connectivity index (χ1v) is 31.3. The third-order valence-corrected chi connectivity index (χ3v) is 28.7. The Bertz CT molecular complexity index is 3790. The summed E-state index contributed by atoms with van der Waals surface area (Å²) >= 11 is 0. The molecule has 9 aromatic carbocycles. The Morgan fingerprint density at radius 3 is 1.32 bits per heavy atom. The molecule has 3 nitrogen and oxygen atoms in total. The van der Waals surface area contributed by atoms with Crippen LogP contribution < -0.4 is 30.5 Å². The van der Waals surface area contributed by atoms with Crippen LogP contribution in [-0.4, -0.2) is 20.7 Å². The molecular weight excluding hydrogens is 903 g/mol. The fourth-order valence-electron chi connectivity index (χ4n) is 14.7. The molecule has 0 radical (unpaired) electrons. The lowest BCUT2D eigenvalue weighted by Crippen LogP contribution is -2.60. The van der Waals surface area contributed by atoms with Crippen LogP contribution in [0.15, 0.2) is 200 Å². The summed E-state index contributed by atoms with van der Waals surface area (Å²) < 4.78 is 2.45. The predicted molar refractivity (Wildman–Crippen MR) is 311 cm³/mol. The first-order valence-electron chi connectivity index (χ1n) is 26.5. The molecule has 1 aromatic heterocycles. The second-order valence-corrected chi connectivity index (χ2v) is 30.4. The van der Waals surface area contributed by atoms with E-state index in [-0.39, 0.29) is 5.41 Å². The number of benzene rings is 9. The normalized spacial score (nSPS) is 17.4. The van der Waals surface area contributed by atoms with Crippen molar-refractivity contribution in [1.82, 2.24) is 4.57 Å². The van der Waals surface area contributed by atoms with Gasteiger partial charge in [-0.15, -0.1) is 0 Å². The number of rotatable bonds is 5. The van der Waals surface area contributed by atoms with Crippen molar-refractivity contribution in [2.75, 3.05) is 9.80 Å². The first-order chi connectivity index (χ1) is 35.4. The number of anilines is 6. The molecule has 0 unspecified atom stereocenters. The van der Waals surface area contributed by atoms with Gasteiger partial charge in [0.05, 0.1) is 11.0 Å². The maximum atomic E-state index is 2.59. The summed E-state index contributed by atoms with van der Waals surface area (Å²) in [7, 11) is -3.64. The van der Waals surface area contributed by atoms with Crippen molar-refractivity contribution in [3.63, 3.8) is 0 Å². The van der Waals surface area contributed by atoms with Crippen LogP contribution in [0.2, 0.25) is 24.2 Å². The number of para-hydroxylation sites is 5. The fourth-order valence-corrected chi connectivity index (χ4v) is 25.8. The van der Waals surface area contributed by atoms with E-state index in [9.17, 15) is 0 Å². The van der Waals surface area contributed by atoms with Crippen molar-refractivity contribution in [2.24, 2.45) is 0 Å². The summed E-state index contributed by atoms with van der Waals surface area (Å²) in [5.74, 6) is 0. The lowest BCUT2D eigenvalue weighted by molar-refractivity contribution is 0.660. The van der Waals surface area contributed by atoms with Gasteiger partial charge in [-0.3, -0.25) is 0 Å². The van der Waals surface area contributed by atoms with Gasteiger partial charge in [-0.1, -0.05) is 173 Å². The molecule has 1 aliphatic carbocycles. The molecule has 0 N–H and O–H groups in total. The van der Waals surface area contributed by atoms with Crippen molar-refractivity contribution >= 4 is 105 Å². The van der Waals surface area contributed by atoms with Crippen molar-refractivity contribution < 1.29 is 0 Å². The van der Waals surface area contributed by atoms with Crippen LogP contribution in [0.3, 0.4) is 0 Å². The molecule has 4 aliphatic heterocycles. The number of fused-ring (bicyclic) bond motifs is 14. The minimum absolute atomic E-state index is 0.161. The molecule has 0 bridgehead atoms. The lowest BCUT2D eigenvalue weighted by Gasteiger charge is -2.43. The summed E-state index contributed by atoms with van der Waals surface area (Å²) in [6.45, 7) is 4.85. The highest BCUT2D eigenvalue weighted by atomic mass is 28.3. The first kappa shape index (κ1) is 42.3. The Morgan fingerprint density at radius 2 is 0.778 bits per heavy atom. The van der Waals surface area contributed by atoms with Crippen molar-refractivity contribution in [3.8, 4) is 16.8 Å². The Hall–Kier alpha value is -7.45. The van der Waals surface area contributed by atoms with Gasteiger partial charge in [0.1, 0.15) is 16.1 Å². The SMILES string of the molecule is CC1(C)c2cc(C=Cc3ccc4c(c3)c3cc(N5c6ccccc6[Si]6(CCCC6)c6ccccc65)ccc3n4-c3ccccc3)ccc2-c2ccc(N3c4ccccc4[Si]4(CCCC4)c4ccccc43)cc21. The molecule has 5 heteroatoms.